The fraction of sp³-hybridized carbons (Fsp3) is 0.412. The first-order chi connectivity index (χ1) is 11.7. The summed E-state index contributed by atoms with van der Waals surface area (Å²) in [6.07, 6.45) is 1.76. The lowest BCUT2D eigenvalue weighted by Gasteiger charge is -2.26. The number of aromatic nitrogens is 2. The molecule has 1 fully saturated rings. The molecule has 24 heavy (non-hydrogen) atoms. The first-order valence-corrected chi connectivity index (χ1v) is 8.90. The van der Waals surface area contributed by atoms with E-state index in [1.54, 1.807) is 6.20 Å². The van der Waals surface area contributed by atoms with E-state index in [1.165, 1.54) is 5.56 Å². The molecule has 2 aromatic rings. The van der Waals surface area contributed by atoms with Crippen LogP contribution in [-0.2, 0) is 4.74 Å². The van der Waals surface area contributed by atoms with Crippen LogP contribution in [-0.4, -0.2) is 54.3 Å². The van der Waals surface area contributed by atoms with Crippen molar-refractivity contribution in [2.75, 3.05) is 50.0 Å². The molecule has 2 N–H and O–H groups in total. The normalized spacial score (nSPS) is 15.2. The van der Waals surface area contributed by atoms with Gasteiger partial charge in [-0.1, -0.05) is 6.07 Å². The molecule has 1 aromatic carbocycles. The quantitative estimate of drug-likeness (QED) is 0.788. The van der Waals surface area contributed by atoms with Crippen LogP contribution in [0.3, 0.4) is 0 Å². The smallest absolute Gasteiger partial charge is 0.224 e. The molecule has 0 spiro atoms. The highest BCUT2D eigenvalue weighted by Gasteiger charge is 2.09. The van der Waals surface area contributed by atoms with Gasteiger partial charge in [0.05, 0.1) is 18.9 Å². The number of nitrogens with zero attached hydrogens (tertiary/aromatic N) is 3. The third-order valence-electron chi connectivity index (χ3n) is 3.86. The Kier molecular flexibility index (Phi) is 6.01. The van der Waals surface area contributed by atoms with E-state index in [4.69, 9.17) is 4.74 Å². The zero-order chi connectivity index (χ0) is 16.8. The van der Waals surface area contributed by atoms with Crippen LogP contribution in [0.15, 0.2) is 34.9 Å². The minimum Gasteiger partial charge on any atom is -0.379 e. The van der Waals surface area contributed by atoms with Gasteiger partial charge in [0.25, 0.3) is 0 Å². The van der Waals surface area contributed by atoms with Gasteiger partial charge >= 0.3 is 0 Å². The molecule has 1 aromatic heterocycles. The van der Waals surface area contributed by atoms with Crippen molar-refractivity contribution in [3.63, 3.8) is 0 Å². The van der Waals surface area contributed by atoms with Crippen LogP contribution in [0.2, 0.25) is 0 Å². The minimum atomic E-state index is 0.636. The SMILES string of the molecule is Cc1ccc(Nc2ccnc(NCCN3CCOCC3)n2)c(Br)c1. The average Bonchev–Trinajstić information content (AvgIpc) is 2.59. The van der Waals surface area contributed by atoms with Crippen molar-refractivity contribution in [1.29, 1.82) is 0 Å². The molecular weight excluding hydrogens is 370 g/mol. The fourth-order valence-electron chi connectivity index (χ4n) is 2.52. The molecule has 1 aliphatic rings. The summed E-state index contributed by atoms with van der Waals surface area (Å²) in [5.41, 5.74) is 2.19. The second-order valence-corrected chi connectivity index (χ2v) is 6.61. The molecule has 0 atom stereocenters. The highest BCUT2D eigenvalue weighted by Crippen LogP contribution is 2.26. The standard InChI is InChI=1S/C17H22BrN5O/c1-13-2-3-15(14(18)12-13)21-16-4-5-19-17(22-16)20-6-7-23-8-10-24-11-9-23/h2-5,12H,6-11H2,1H3,(H2,19,20,21,22). The monoisotopic (exact) mass is 391 g/mol. The van der Waals surface area contributed by atoms with Crippen LogP contribution >= 0.6 is 15.9 Å². The molecule has 0 bridgehead atoms. The van der Waals surface area contributed by atoms with E-state index in [1.807, 2.05) is 12.1 Å². The van der Waals surface area contributed by atoms with E-state index >= 15 is 0 Å². The number of benzene rings is 1. The number of rotatable bonds is 6. The van der Waals surface area contributed by atoms with E-state index in [0.717, 1.165) is 55.4 Å². The van der Waals surface area contributed by atoms with Gasteiger partial charge in [0.2, 0.25) is 5.95 Å². The lowest BCUT2D eigenvalue weighted by atomic mass is 10.2. The molecule has 0 aliphatic carbocycles. The minimum absolute atomic E-state index is 0.636. The molecule has 1 aliphatic heterocycles. The average molecular weight is 392 g/mol. The summed E-state index contributed by atoms with van der Waals surface area (Å²) < 4.78 is 6.37. The van der Waals surface area contributed by atoms with Gasteiger partial charge in [0.15, 0.2) is 0 Å². The summed E-state index contributed by atoms with van der Waals surface area (Å²) >= 11 is 3.57. The third kappa shape index (κ3) is 4.90. The summed E-state index contributed by atoms with van der Waals surface area (Å²) in [4.78, 5) is 11.2. The Morgan fingerprint density at radius 1 is 1.25 bits per heavy atom. The summed E-state index contributed by atoms with van der Waals surface area (Å²) in [5.74, 6) is 1.40. The summed E-state index contributed by atoms with van der Waals surface area (Å²) in [6.45, 7) is 7.47. The first kappa shape index (κ1) is 17.1. The number of hydrogen-bond acceptors (Lipinski definition) is 6. The second-order valence-electron chi connectivity index (χ2n) is 5.75. The van der Waals surface area contributed by atoms with E-state index < -0.39 is 0 Å². The Bertz CT molecular complexity index is 676. The number of aryl methyl sites for hydroxylation is 1. The predicted octanol–water partition coefficient (Wildman–Crippen LogP) is 3.04. The van der Waals surface area contributed by atoms with Gasteiger partial charge in [-0.05, 0) is 46.6 Å². The first-order valence-electron chi connectivity index (χ1n) is 8.11. The van der Waals surface area contributed by atoms with Gasteiger partial charge in [0.1, 0.15) is 5.82 Å². The van der Waals surface area contributed by atoms with Crippen molar-refractivity contribution in [3.05, 3.63) is 40.5 Å². The van der Waals surface area contributed by atoms with Crippen LogP contribution in [0.25, 0.3) is 0 Å². The van der Waals surface area contributed by atoms with Gasteiger partial charge in [-0.2, -0.15) is 4.98 Å². The van der Waals surface area contributed by atoms with E-state index in [9.17, 15) is 0 Å². The van der Waals surface area contributed by atoms with Gasteiger partial charge in [0, 0.05) is 36.8 Å². The van der Waals surface area contributed by atoms with Crippen molar-refractivity contribution < 1.29 is 4.74 Å². The number of ether oxygens (including phenoxy) is 1. The second kappa shape index (κ2) is 8.41. The molecular formula is C17H22BrN5O. The predicted molar refractivity (Wildman–Crippen MR) is 99.9 cm³/mol. The number of hydrogen-bond donors (Lipinski definition) is 2. The van der Waals surface area contributed by atoms with E-state index in [0.29, 0.717) is 5.95 Å². The topological polar surface area (TPSA) is 62.3 Å². The van der Waals surface area contributed by atoms with Gasteiger partial charge < -0.3 is 15.4 Å². The van der Waals surface area contributed by atoms with Crippen LogP contribution in [0.4, 0.5) is 17.5 Å². The van der Waals surface area contributed by atoms with Crippen molar-refractivity contribution in [2.24, 2.45) is 0 Å². The Morgan fingerprint density at radius 2 is 2.08 bits per heavy atom. The number of morpholine rings is 1. The summed E-state index contributed by atoms with van der Waals surface area (Å²) in [6, 6.07) is 8.04. The molecule has 0 unspecified atom stereocenters. The van der Waals surface area contributed by atoms with Crippen molar-refractivity contribution in [1.82, 2.24) is 14.9 Å². The van der Waals surface area contributed by atoms with Crippen molar-refractivity contribution >= 4 is 33.4 Å². The largest absolute Gasteiger partial charge is 0.379 e. The molecule has 3 rings (SSSR count). The van der Waals surface area contributed by atoms with Gasteiger partial charge in [-0.25, -0.2) is 4.98 Å². The van der Waals surface area contributed by atoms with Crippen LogP contribution < -0.4 is 10.6 Å². The molecule has 7 heteroatoms. The van der Waals surface area contributed by atoms with Crippen molar-refractivity contribution in [2.45, 2.75) is 6.92 Å². The molecule has 6 nitrogen and oxygen atoms in total. The summed E-state index contributed by atoms with van der Waals surface area (Å²) in [5, 5.41) is 6.60. The molecule has 0 radical (unpaired) electrons. The fourth-order valence-corrected chi connectivity index (χ4v) is 3.12. The Labute approximate surface area is 150 Å². The van der Waals surface area contributed by atoms with Gasteiger partial charge in [-0.3, -0.25) is 4.90 Å². The summed E-state index contributed by atoms with van der Waals surface area (Å²) in [7, 11) is 0. The molecule has 0 amide bonds. The Morgan fingerprint density at radius 3 is 2.88 bits per heavy atom. The Balaban J connectivity index is 1.55. The highest BCUT2D eigenvalue weighted by molar-refractivity contribution is 9.10. The van der Waals surface area contributed by atoms with Crippen LogP contribution in [0, 0.1) is 6.92 Å². The van der Waals surface area contributed by atoms with E-state index in [-0.39, 0.29) is 0 Å². The third-order valence-corrected chi connectivity index (χ3v) is 4.51. The maximum atomic E-state index is 5.35. The van der Waals surface area contributed by atoms with Crippen molar-refractivity contribution in [3.8, 4) is 0 Å². The van der Waals surface area contributed by atoms with Crippen LogP contribution in [0.5, 0.6) is 0 Å². The highest BCUT2D eigenvalue weighted by atomic mass is 79.9. The van der Waals surface area contributed by atoms with Gasteiger partial charge in [-0.15, -0.1) is 0 Å². The maximum Gasteiger partial charge on any atom is 0.224 e. The molecule has 128 valence electrons. The maximum absolute atomic E-state index is 5.35. The zero-order valence-electron chi connectivity index (χ0n) is 13.8. The lowest BCUT2D eigenvalue weighted by Crippen LogP contribution is -2.39. The molecule has 1 saturated heterocycles. The number of nitrogens with one attached hydrogen (secondary N) is 2. The lowest BCUT2D eigenvalue weighted by molar-refractivity contribution is 0.0398. The van der Waals surface area contributed by atoms with E-state index in [2.05, 4.69) is 60.5 Å². The number of halogens is 1. The molecule has 2 heterocycles. The number of anilines is 3. The zero-order valence-corrected chi connectivity index (χ0v) is 15.3. The van der Waals surface area contributed by atoms with Crippen LogP contribution in [0.1, 0.15) is 5.56 Å². The Hall–Kier alpha value is -1.70. The molecule has 0 saturated carbocycles.